The van der Waals surface area contributed by atoms with Crippen LogP contribution >= 0.6 is 0 Å². The van der Waals surface area contributed by atoms with Crippen molar-refractivity contribution < 1.29 is 42.2 Å². The predicted octanol–water partition coefficient (Wildman–Crippen LogP) is 10.2. The van der Waals surface area contributed by atoms with E-state index in [1.807, 2.05) is 13.8 Å². The Morgan fingerprint density at radius 2 is 1.55 bits per heavy atom. The number of alkyl halides is 3. The third kappa shape index (κ3) is 5.95. The Morgan fingerprint density at radius 3 is 2.17 bits per heavy atom. The van der Waals surface area contributed by atoms with Gasteiger partial charge < -0.3 is 9.84 Å². The Balaban J connectivity index is 1.32. The summed E-state index contributed by atoms with van der Waals surface area (Å²) in [6.07, 6.45) is 0.975. The van der Waals surface area contributed by atoms with Crippen LogP contribution in [0.25, 0.3) is 0 Å². The molecule has 4 fully saturated rings. The average Bonchev–Trinajstić information content (AvgIpc) is 3.35. The number of carboxylic acids is 1. The van der Waals surface area contributed by atoms with Crippen LogP contribution in [0, 0.1) is 56.2 Å². The van der Waals surface area contributed by atoms with E-state index in [2.05, 4.69) is 34.6 Å². The normalized spacial score (nSPS) is 36.7. The lowest BCUT2D eigenvalue weighted by Gasteiger charge is -2.72. The summed E-state index contributed by atoms with van der Waals surface area (Å²) in [5.74, 6) is -1.31. The van der Waals surface area contributed by atoms with Crippen molar-refractivity contribution in [3.8, 4) is 0 Å². The van der Waals surface area contributed by atoms with Crippen LogP contribution in [-0.4, -0.2) is 34.7 Å². The molecule has 8 atom stereocenters. The lowest BCUT2D eigenvalue weighted by atomic mass is 9.33. The Morgan fingerprint density at radius 1 is 0.887 bits per heavy atom. The molecule has 0 radical (unpaired) electrons. The first-order valence-corrected chi connectivity index (χ1v) is 19.8. The van der Waals surface area contributed by atoms with Gasteiger partial charge in [0, 0.05) is 18.3 Å². The molecule has 0 aliphatic heterocycles. The topological polar surface area (TPSA) is 97.7 Å². The maximum Gasteiger partial charge on any atom is 0.416 e. The Bertz CT molecular complexity index is 1740. The van der Waals surface area contributed by atoms with E-state index in [1.54, 1.807) is 19.9 Å². The van der Waals surface area contributed by atoms with Gasteiger partial charge in [-0.05, 0) is 128 Å². The second kappa shape index (κ2) is 12.8. The number of Topliss-reactive ketones (excluding diaryl/α,β-unsaturated/α-hetero) is 2. The number of benzene rings is 1. The van der Waals surface area contributed by atoms with Crippen molar-refractivity contribution in [3.05, 3.63) is 46.5 Å². The molecule has 0 aromatic heterocycles. The quantitative estimate of drug-likeness (QED) is 0.267. The summed E-state index contributed by atoms with van der Waals surface area (Å²) in [6, 6.07) is 5.32. The average molecular weight is 741 g/mol. The highest BCUT2D eigenvalue weighted by atomic mass is 19.4. The largest absolute Gasteiger partial charge is 0.481 e. The lowest BCUT2D eigenvalue weighted by molar-refractivity contribution is -0.233. The minimum Gasteiger partial charge on any atom is -0.481 e. The summed E-state index contributed by atoms with van der Waals surface area (Å²) < 4.78 is 48.3. The van der Waals surface area contributed by atoms with E-state index < -0.39 is 34.5 Å². The van der Waals surface area contributed by atoms with Crippen LogP contribution < -0.4 is 0 Å². The van der Waals surface area contributed by atoms with Crippen LogP contribution in [0.5, 0.6) is 0 Å². The number of hydrogen-bond acceptors (Lipinski definition) is 5. The van der Waals surface area contributed by atoms with Gasteiger partial charge in [0.25, 0.3) is 0 Å². The number of carboxylic acid groups (broad SMARTS) is 1. The summed E-state index contributed by atoms with van der Waals surface area (Å²) in [6.45, 7) is 18.7. The Hall–Kier alpha value is -2.97. The zero-order chi connectivity index (χ0) is 39.3. The Kier molecular flexibility index (Phi) is 9.59. The van der Waals surface area contributed by atoms with E-state index in [0.29, 0.717) is 18.8 Å². The molecule has 53 heavy (non-hydrogen) atoms. The molecule has 292 valence electrons. The van der Waals surface area contributed by atoms with Crippen molar-refractivity contribution in [2.75, 3.05) is 0 Å². The zero-order valence-corrected chi connectivity index (χ0v) is 33.1. The fourth-order valence-corrected chi connectivity index (χ4v) is 13.1. The molecule has 5 aliphatic rings. The predicted molar refractivity (Wildman–Crippen MR) is 195 cm³/mol. The first-order valence-electron chi connectivity index (χ1n) is 19.8. The number of carbonyl (C=O) groups is 4. The summed E-state index contributed by atoms with van der Waals surface area (Å²) in [7, 11) is 0. The number of ether oxygens (including phenoxy) is 1. The molecule has 1 aromatic rings. The molecular formula is C44H59F3O6. The van der Waals surface area contributed by atoms with Gasteiger partial charge in [-0.25, -0.2) is 0 Å². The van der Waals surface area contributed by atoms with E-state index in [1.165, 1.54) is 12.1 Å². The summed E-state index contributed by atoms with van der Waals surface area (Å²) in [5, 5.41) is 9.59. The number of hydrogen-bond donors (Lipinski definition) is 1. The number of allylic oxidation sites excluding steroid dienone is 2. The van der Waals surface area contributed by atoms with E-state index in [9.17, 15) is 37.5 Å². The number of rotatable bonds is 8. The first kappa shape index (κ1) is 39.7. The number of fused-ring (bicyclic) bond motifs is 7. The fraction of sp³-hybridized carbons (Fsp3) is 0.727. The third-order valence-electron chi connectivity index (χ3n) is 16.0. The second-order valence-corrected chi connectivity index (χ2v) is 19.7. The van der Waals surface area contributed by atoms with Gasteiger partial charge in [-0.1, -0.05) is 66.7 Å². The minimum absolute atomic E-state index is 0.0220. The molecular weight excluding hydrogens is 681 g/mol. The van der Waals surface area contributed by atoms with E-state index in [0.717, 1.165) is 55.7 Å². The van der Waals surface area contributed by atoms with Gasteiger partial charge in [0.05, 0.1) is 22.8 Å². The maximum absolute atomic E-state index is 14.6. The third-order valence-corrected chi connectivity index (χ3v) is 16.0. The summed E-state index contributed by atoms with van der Waals surface area (Å²) in [4.78, 5) is 53.4. The number of esters is 1. The molecule has 0 unspecified atom stereocenters. The van der Waals surface area contributed by atoms with Gasteiger partial charge in [0.15, 0.2) is 5.78 Å². The van der Waals surface area contributed by atoms with Crippen molar-refractivity contribution in [1.29, 1.82) is 0 Å². The molecule has 0 bridgehead atoms. The second-order valence-electron chi connectivity index (χ2n) is 19.7. The van der Waals surface area contributed by atoms with Crippen molar-refractivity contribution in [3.63, 3.8) is 0 Å². The summed E-state index contributed by atoms with van der Waals surface area (Å²) in [5.41, 5.74) is -2.19. The van der Waals surface area contributed by atoms with Crippen molar-refractivity contribution in [1.82, 2.24) is 0 Å². The molecule has 4 saturated carbocycles. The van der Waals surface area contributed by atoms with Gasteiger partial charge in [0.2, 0.25) is 0 Å². The van der Waals surface area contributed by atoms with Gasteiger partial charge >= 0.3 is 18.1 Å². The molecule has 9 heteroatoms. The molecule has 0 saturated heterocycles. The van der Waals surface area contributed by atoms with Gasteiger partial charge in [-0.3, -0.25) is 19.2 Å². The molecule has 6 rings (SSSR count). The molecule has 5 aliphatic carbocycles. The highest BCUT2D eigenvalue weighted by Gasteiger charge is 2.71. The number of halogens is 3. The standard InChI is InChI=1S/C44H59F3O6/c1-25(2)35-29(48)23-43(32(49)22-26-12-10-11-13-27(26)44(45,46)47)21-20-41(8)28(36(35)43)14-15-31-40(7)18-17-33(53-34(50)24-38(3,4)37(51)52)39(5,6)30(40)16-19-42(31,41)9/h10-13,25,28,30-31,33H,14-24H2,1-9H3,(H,51,52)/t28-,30+,31-,33+,40+,41-,42-,43+/m1/s1. The highest BCUT2D eigenvalue weighted by Crippen LogP contribution is 2.77. The van der Waals surface area contributed by atoms with E-state index in [-0.39, 0.29) is 81.9 Å². The minimum atomic E-state index is -4.58. The smallest absolute Gasteiger partial charge is 0.416 e. The molecule has 0 heterocycles. The molecule has 0 amide bonds. The SMILES string of the molecule is CC(C)C1=C2[C@H]3CC[C@@H]4[C@@]5(C)CC[C@H](OC(=O)CC(C)(C)C(=O)O)C(C)(C)[C@@H]5CC[C@@]4(C)[C@]3(C)CC[C@@]2(C(=O)Cc2ccccc2C(F)(F)F)CC1=O. The summed E-state index contributed by atoms with van der Waals surface area (Å²) >= 11 is 0. The van der Waals surface area contributed by atoms with Crippen LogP contribution in [0.3, 0.4) is 0 Å². The van der Waals surface area contributed by atoms with Crippen LogP contribution in [0.4, 0.5) is 13.2 Å². The van der Waals surface area contributed by atoms with E-state index >= 15 is 0 Å². The number of carbonyl (C=O) groups excluding carboxylic acids is 3. The van der Waals surface area contributed by atoms with E-state index in [4.69, 9.17) is 4.74 Å². The maximum atomic E-state index is 14.6. The van der Waals surface area contributed by atoms with Crippen LogP contribution in [0.1, 0.15) is 138 Å². The monoisotopic (exact) mass is 740 g/mol. The van der Waals surface area contributed by atoms with Crippen LogP contribution in [0.2, 0.25) is 0 Å². The Labute approximate surface area is 313 Å². The molecule has 6 nitrogen and oxygen atoms in total. The van der Waals surface area contributed by atoms with Crippen molar-refractivity contribution in [2.24, 2.45) is 56.2 Å². The highest BCUT2D eigenvalue weighted by molar-refractivity contribution is 6.07. The van der Waals surface area contributed by atoms with Gasteiger partial charge in [-0.2, -0.15) is 13.2 Å². The molecule has 0 spiro atoms. The van der Waals surface area contributed by atoms with Gasteiger partial charge in [0.1, 0.15) is 11.9 Å². The molecule has 1 N–H and O–H groups in total. The first-order chi connectivity index (χ1) is 24.4. The number of aliphatic carboxylic acids is 1. The fourth-order valence-electron chi connectivity index (χ4n) is 13.1. The lowest BCUT2D eigenvalue weighted by Crippen LogP contribution is -2.66. The van der Waals surface area contributed by atoms with Crippen LogP contribution in [-0.2, 0) is 36.5 Å². The van der Waals surface area contributed by atoms with Gasteiger partial charge in [-0.15, -0.1) is 0 Å². The zero-order valence-electron chi connectivity index (χ0n) is 33.1. The van der Waals surface area contributed by atoms with Crippen molar-refractivity contribution >= 4 is 23.5 Å². The van der Waals surface area contributed by atoms with Crippen molar-refractivity contribution in [2.45, 2.75) is 145 Å². The van der Waals surface area contributed by atoms with Crippen LogP contribution in [0.15, 0.2) is 35.4 Å². The number of ketones is 2. The molecule has 1 aromatic carbocycles.